The normalized spacial score (nSPS) is 18.9. The SMILES string of the molecule is CO[C@H](C)[C@H](C)O. The van der Waals surface area contributed by atoms with E-state index in [4.69, 9.17) is 9.84 Å². The van der Waals surface area contributed by atoms with Crippen LogP contribution in [0.1, 0.15) is 13.8 Å². The van der Waals surface area contributed by atoms with Crippen LogP contribution < -0.4 is 0 Å². The average molecular weight is 104 g/mol. The molecule has 0 fully saturated rings. The molecule has 0 radical (unpaired) electrons. The second kappa shape index (κ2) is 2.99. The molecule has 0 unspecified atom stereocenters. The van der Waals surface area contributed by atoms with Crippen molar-refractivity contribution in [3.05, 3.63) is 0 Å². The zero-order valence-corrected chi connectivity index (χ0v) is 5.01. The minimum absolute atomic E-state index is 0.0417. The summed E-state index contributed by atoms with van der Waals surface area (Å²) in [5.74, 6) is 0. The molecule has 0 rings (SSSR count). The van der Waals surface area contributed by atoms with Crippen molar-refractivity contribution < 1.29 is 9.84 Å². The quantitative estimate of drug-likeness (QED) is 0.549. The Morgan fingerprint density at radius 3 is 1.86 bits per heavy atom. The van der Waals surface area contributed by atoms with E-state index in [-0.39, 0.29) is 12.2 Å². The summed E-state index contributed by atoms with van der Waals surface area (Å²) in [6.45, 7) is 3.53. The number of aliphatic hydroxyl groups excluding tert-OH is 1. The number of methoxy groups -OCH3 is 1. The summed E-state index contributed by atoms with van der Waals surface area (Å²) in [5, 5.41) is 8.70. The molecule has 2 heteroatoms. The van der Waals surface area contributed by atoms with Crippen LogP contribution in [-0.4, -0.2) is 24.4 Å². The van der Waals surface area contributed by atoms with Crippen molar-refractivity contribution >= 4 is 0 Å². The molecule has 0 heterocycles. The molecule has 0 aliphatic heterocycles. The van der Waals surface area contributed by atoms with E-state index in [1.165, 1.54) is 0 Å². The van der Waals surface area contributed by atoms with Crippen LogP contribution in [0.4, 0.5) is 0 Å². The van der Waals surface area contributed by atoms with Crippen molar-refractivity contribution in [1.82, 2.24) is 0 Å². The van der Waals surface area contributed by atoms with Crippen LogP contribution in [-0.2, 0) is 4.74 Å². The van der Waals surface area contributed by atoms with E-state index in [0.29, 0.717) is 0 Å². The van der Waals surface area contributed by atoms with Gasteiger partial charge in [-0.05, 0) is 13.8 Å². The zero-order chi connectivity index (χ0) is 5.86. The number of ether oxygens (including phenoxy) is 1. The number of hydrogen-bond donors (Lipinski definition) is 1. The molecule has 0 saturated heterocycles. The Bertz CT molecular complexity index is 43.3. The Balaban J connectivity index is 3.14. The van der Waals surface area contributed by atoms with Gasteiger partial charge in [0.05, 0.1) is 12.2 Å². The van der Waals surface area contributed by atoms with E-state index in [0.717, 1.165) is 0 Å². The fraction of sp³-hybridized carbons (Fsp3) is 1.00. The minimum atomic E-state index is -0.356. The van der Waals surface area contributed by atoms with Crippen LogP contribution >= 0.6 is 0 Å². The predicted octanol–water partition coefficient (Wildman–Crippen LogP) is 0.402. The lowest BCUT2D eigenvalue weighted by atomic mass is 10.3. The van der Waals surface area contributed by atoms with Crippen LogP contribution in [0.2, 0.25) is 0 Å². The molecular weight excluding hydrogens is 92.1 g/mol. The smallest absolute Gasteiger partial charge is 0.0799 e. The molecule has 7 heavy (non-hydrogen) atoms. The second-order valence-corrected chi connectivity index (χ2v) is 1.68. The fourth-order valence-electron chi connectivity index (χ4n) is 0.197. The van der Waals surface area contributed by atoms with Gasteiger partial charge in [-0.2, -0.15) is 0 Å². The number of aliphatic hydroxyl groups is 1. The molecule has 0 aromatic carbocycles. The molecule has 44 valence electrons. The van der Waals surface area contributed by atoms with Crippen molar-refractivity contribution in [2.45, 2.75) is 26.1 Å². The third-order valence-electron chi connectivity index (χ3n) is 1.05. The van der Waals surface area contributed by atoms with Crippen LogP contribution in [0.25, 0.3) is 0 Å². The minimum Gasteiger partial charge on any atom is -0.391 e. The molecule has 0 aromatic rings. The highest BCUT2D eigenvalue weighted by molar-refractivity contribution is 4.53. The molecule has 0 spiro atoms. The molecule has 0 aliphatic carbocycles. The highest BCUT2D eigenvalue weighted by atomic mass is 16.5. The standard InChI is InChI=1S/C5H12O2/c1-4(6)5(2)7-3/h4-6H,1-3H3/t4-,5+/m0/s1. The van der Waals surface area contributed by atoms with Gasteiger partial charge in [0.25, 0.3) is 0 Å². The Hall–Kier alpha value is -0.0800. The van der Waals surface area contributed by atoms with Crippen molar-refractivity contribution in [1.29, 1.82) is 0 Å². The van der Waals surface area contributed by atoms with Crippen LogP contribution in [0.5, 0.6) is 0 Å². The predicted molar refractivity (Wildman–Crippen MR) is 28.2 cm³/mol. The summed E-state index contributed by atoms with van der Waals surface area (Å²) >= 11 is 0. The van der Waals surface area contributed by atoms with E-state index in [2.05, 4.69) is 0 Å². The molecular formula is C5H12O2. The lowest BCUT2D eigenvalue weighted by Crippen LogP contribution is -2.20. The highest BCUT2D eigenvalue weighted by Crippen LogP contribution is 1.92. The van der Waals surface area contributed by atoms with Crippen molar-refractivity contribution in [3.63, 3.8) is 0 Å². The Kier molecular flexibility index (Phi) is 2.96. The van der Waals surface area contributed by atoms with Gasteiger partial charge in [0, 0.05) is 7.11 Å². The second-order valence-electron chi connectivity index (χ2n) is 1.68. The van der Waals surface area contributed by atoms with Gasteiger partial charge < -0.3 is 9.84 Å². The molecule has 0 saturated carbocycles. The average Bonchev–Trinajstić information content (AvgIpc) is 1.65. The molecule has 0 aliphatic rings. The molecule has 1 N–H and O–H groups in total. The van der Waals surface area contributed by atoms with Gasteiger partial charge in [-0.15, -0.1) is 0 Å². The largest absolute Gasteiger partial charge is 0.391 e. The van der Waals surface area contributed by atoms with Gasteiger partial charge in [-0.3, -0.25) is 0 Å². The van der Waals surface area contributed by atoms with Crippen molar-refractivity contribution in [2.75, 3.05) is 7.11 Å². The first-order valence-corrected chi connectivity index (χ1v) is 2.39. The van der Waals surface area contributed by atoms with Crippen LogP contribution in [0.3, 0.4) is 0 Å². The van der Waals surface area contributed by atoms with E-state index in [1.54, 1.807) is 14.0 Å². The number of rotatable bonds is 2. The van der Waals surface area contributed by atoms with Gasteiger partial charge in [0.1, 0.15) is 0 Å². The van der Waals surface area contributed by atoms with Gasteiger partial charge in [0.2, 0.25) is 0 Å². The van der Waals surface area contributed by atoms with E-state index >= 15 is 0 Å². The summed E-state index contributed by atoms with van der Waals surface area (Å²) in [7, 11) is 1.58. The summed E-state index contributed by atoms with van der Waals surface area (Å²) < 4.78 is 4.76. The Morgan fingerprint density at radius 2 is 1.86 bits per heavy atom. The first-order valence-electron chi connectivity index (χ1n) is 2.39. The summed E-state index contributed by atoms with van der Waals surface area (Å²) in [6, 6.07) is 0. The maximum atomic E-state index is 8.70. The summed E-state index contributed by atoms with van der Waals surface area (Å²) in [5.41, 5.74) is 0. The molecule has 0 aromatic heterocycles. The van der Waals surface area contributed by atoms with E-state index in [1.807, 2.05) is 6.92 Å². The van der Waals surface area contributed by atoms with E-state index < -0.39 is 0 Å². The third-order valence-corrected chi connectivity index (χ3v) is 1.05. The van der Waals surface area contributed by atoms with Gasteiger partial charge in [-0.25, -0.2) is 0 Å². The van der Waals surface area contributed by atoms with Crippen molar-refractivity contribution in [3.8, 4) is 0 Å². The lowest BCUT2D eigenvalue weighted by molar-refractivity contribution is 0.00997. The van der Waals surface area contributed by atoms with Crippen LogP contribution in [0.15, 0.2) is 0 Å². The van der Waals surface area contributed by atoms with Gasteiger partial charge in [-0.1, -0.05) is 0 Å². The lowest BCUT2D eigenvalue weighted by Gasteiger charge is -2.10. The molecule has 0 bridgehead atoms. The summed E-state index contributed by atoms with van der Waals surface area (Å²) in [4.78, 5) is 0. The van der Waals surface area contributed by atoms with Crippen LogP contribution in [0, 0.1) is 0 Å². The molecule has 2 nitrogen and oxygen atoms in total. The maximum Gasteiger partial charge on any atom is 0.0799 e. The molecule has 2 atom stereocenters. The van der Waals surface area contributed by atoms with Gasteiger partial charge >= 0.3 is 0 Å². The fourth-order valence-corrected chi connectivity index (χ4v) is 0.197. The Labute approximate surface area is 44.1 Å². The third kappa shape index (κ3) is 2.60. The topological polar surface area (TPSA) is 29.5 Å². The highest BCUT2D eigenvalue weighted by Gasteiger charge is 2.03. The monoisotopic (exact) mass is 104 g/mol. The first kappa shape index (κ1) is 6.92. The van der Waals surface area contributed by atoms with E-state index in [9.17, 15) is 0 Å². The number of hydrogen-bond acceptors (Lipinski definition) is 2. The Morgan fingerprint density at radius 1 is 1.43 bits per heavy atom. The first-order chi connectivity index (χ1) is 3.18. The zero-order valence-electron chi connectivity index (χ0n) is 5.01. The summed E-state index contributed by atoms with van der Waals surface area (Å²) in [6.07, 6.45) is -0.398. The maximum absolute atomic E-state index is 8.70. The van der Waals surface area contributed by atoms with Crippen molar-refractivity contribution in [2.24, 2.45) is 0 Å². The molecule has 0 amide bonds. The van der Waals surface area contributed by atoms with Gasteiger partial charge in [0.15, 0.2) is 0 Å².